The summed E-state index contributed by atoms with van der Waals surface area (Å²) in [5.74, 6) is 0. The van der Waals surface area contributed by atoms with Gasteiger partial charge in [0, 0.05) is 10.5 Å². The molecule has 1 aliphatic heterocycles. The maximum atomic E-state index is 5.68. The van der Waals surface area contributed by atoms with Crippen molar-refractivity contribution in [2.45, 2.75) is 29.3 Å². The first-order valence-electron chi connectivity index (χ1n) is 5.16. The number of benzene rings is 1. The van der Waals surface area contributed by atoms with Crippen LogP contribution in [0.2, 0.25) is 0 Å². The van der Waals surface area contributed by atoms with Crippen LogP contribution in [0.3, 0.4) is 0 Å². The van der Waals surface area contributed by atoms with Crippen LogP contribution in [0.4, 0.5) is 0 Å². The molecule has 0 radical (unpaired) electrons. The third kappa shape index (κ3) is 2.70. The highest BCUT2D eigenvalue weighted by Crippen LogP contribution is 2.24. The number of hydrogen-bond donors (Lipinski definition) is 0. The van der Waals surface area contributed by atoms with Crippen LogP contribution in [-0.2, 0) is 11.2 Å². The molecule has 1 aromatic rings. The first kappa shape index (κ1) is 10.4. The van der Waals surface area contributed by atoms with Gasteiger partial charge in [-0.1, -0.05) is 52.9 Å². The van der Waals surface area contributed by atoms with Crippen molar-refractivity contribution in [3.8, 4) is 0 Å². The molecule has 1 fully saturated rings. The Labute approximate surface area is 99.0 Å². The summed E-state index contributed by atoms with van der Waals surface area (Å²) >= 11 is 2.52. The van der Waals surface area contributed by atoms with Crippen LogP contribution >= 0.6 is 22.6 Å². The van der Waals surface area contributed by atoms with Gasteiger partial charge in [-0.3, -0.25) is 0 Å². The fourth-order valence-corrected chi connectivity index (χ4v) is 2.93. The number of alkyl halides is 1. The van der Waals surface area contributed by atoms with Gasteiger partial charge < -0.3 is 4.74 Å². The SMILES string of the molecule is I[C@H](Cc1ccccc1)[C@H]1CCCO1. The smallest absolute Gasteiger partial charge is 0.0696 e. The highest BCUT2D eigenvalue weighted by atomic mass is 127. The highest BCUT2D eigenvalue weighted by Gasteiger charge is 2.23. The Hall–Kier alpha value is -0.0900. The minimum Gasteiger partial charge on any atom is -0.377 e. The standard InChI is InChI=1S/C12H15IO/c13-11(12-7-4-8-14-12)9-10-5-2-1-3-6-10/h1-3,5-6,11-12H,4,7-9H2/t11-,12-/m1/s1. The van der Waals surface area contributed by atoms with Gasteiger partial charge in [0.1, 0.15) is 0 Å². The normalized spacial score (nSPS) is 23.6. The molecule has 0 aliphatic carbocycles. The molecule has 2 heteroatoms. The molecule has 76 valence electrons. The lowest BCUT2D eigenvalue weighted by Gasteiger charge is -2.16. The van der Waals surface area contributed by atoms with Crippen LogP contribution in [-0.4, -0.2) is 16.6 Å². The molecule has 0 bridgehead atoms. The molecule has 2 rings (SSSR count). The topological polar surface area (TPSA) is 9.23 Å². The van der Waals surface area contributed by atoms with E-state index < -0.39 is 0 Å². The zero-order valence-electron chi connectivity index (χ0n) is 8.16. The zero-order valence-corrected chi connectivity index (χ0v) is 10.3. The van der Waals surface area contributed by atoms with Gasteiger partial charge in [-0.15, -0.1) is 0 Å². The molecule has 2 atom stereocenters. The highest BCUT2D eigenvalue weighted by molar-refractivity contribution is 14.1. The maximum absolute atomic E-state index is 5.68. The van der Waals surface area contributed by atoms with E-state index in [4.69, 9.17) is 4.74 Å². The molecule has 1 aliphatic rings. The Kier molecular flexibility index (Phi) is 3.81. The fourth-order valence-electron chi connectivity index (χ4n) is 1.86. The van der Waals surface area contributed by atoms with Gasteiger partial charge in [0.25, 0.3) is 0 Å². The molecule has 0 N–H and O–H groups in total. The van der Waals surface area contributed by atoms with Crippen LogP contribution in [0.1, 0.15) is 18.4 Å². The molecule has 0 aromatic heterocycles. The molecule has 0 unspecified atom stereocenters. The third-order valence-electron chi connectivity index (χ3n) is 2.64. The lowest BCUT2D eigenvalue weighted by Crippen LogP contribution is -2.21. The van der Waals surface area contributed by atoms with Crippen LogP contribution in [0, 0.1) is 0 Å². The molecular formula is C12H15IO. The summed E-state index contributed by atoms with van der Waals surface area (Å²) in [6, 6.07) is 10.7. The monoisotopic (exact) mass is 302 g/mol. The number of hydrogen-bond acceptors (Lipinski definition) is 1. The molecule has 0 saturated carbocycles. The van der Waals surface area contributed by atoms with Gasteiger partial charge >= 0.3 is 0 Å². The van der Waals surface area contributed by atoms with E-state index in [0.29, 0.717) is 10.0 Å². The summed E-state index contributed by atoms with van der Waals surface area (Å²) in [6.07, 6.45) is 4.08. The van der Waals surface area contributed by atoms with Crippen molar-refractivity contribution in [3.63, 3.8) is 0 Å². The molecule has 1 saturated heterocycles. The Morgan fingerprint density at radius 1 is 1.36 bits per heavy atom. The molecular weight excluding hydrogens is 287 g/mol. The largest absolute Gasteiger partial charge is 0.377 e. The lowest BCUT2D eigenvalue weighted by atomic mass is 10.1. The molecule has 0 spiro atoms. The molecule has 14 heavy (non-hydrogen) atoms. The predicted molar refractivity (Wildman–Crippen MR) is 66.9 cm³/mol. The van der Waals surface area contributed by atoms with E-state index in [1.54, 1.807) is 0 Å². The summed E-state index contributed by atoms with van der Waals surface area (Å²) in [7, 11) is 0. The zero-order chi connectivity index (χ0) is 9.80. The van der Waals surface area contributed by atoms with Crippen molar-refractivity contribution < 1.29 is 4.74 Å². The number of ether oxygens (including phenoxy) is 1. The lowest BCUT2D eigenvalue weighted by molar-refractivity contribution is 0.112. The van der Waals surface area contributed by atoms with Gasteiger partial charge in [0.15, 0.2) is 0 Å². The molecule has 1 aromatic carbocycles. The number of halogens is 1. The predicted octanol–water partition coefficient (Wildman–Crippen LogP) is 3.21. The third-order valence-corrected chi connectivity index (χ3v) is 3.88. The van der Waals surface area contributed by atoms with Crippen molar-refractivity contribution in [1.29, 1.82) is 0 Å². The van der Waals surface area contributed by atoms with E-state index >= 15 is 0 Å². The number of rotatable bonds is 3. The van der Waals surface area contributed by atoms with Gasteiger partial charge in [-0.05, 0) is 24.8 Å². The van der Waals surface area contributed by atoms with E-state index in [0.717, 1.165) is 13.0 Å². The van der Waals surface area contributed by atoms with Gasteiger partial charge in [-0.2, -0.15) is 0 Å². The van der Waals surface area contributed by atoms with Gasteiger partial charge in [0.05, 0.1) is 6.10 Å². The molecule has 0 amide bonds. The van der Waals surface area contributed by atoms with E-state index in [9.17, 15) is 0 Å². The van der Waals surface area contributed by atoms with Gasteiger partial charge in [0.2, 0.25) is 0 Å². The average Bonchev–Trinajstić information content (AvgIpc) is 2.72. The second kappa shape index (κ2) is 5.12. The Bertz CT molecular complexity index is 267. The fraction of sp³-hybridized carbons (Fsp3) is 0.500. The van der Waals surface area contributed by atoms with Crippen LogP contribution in [0.25, 0.3) is 0 Å². The first-order chi connectivity index (χ1) is 6.86. The van der Waals surface area contributed by atoms with Crippen molar-refractivity contribution in [2.24, 2.45) is 0 Å². The summed E-state index contributed by atoms with van der Waals surface area (Å²) < 4.78 is 6.30. The van der Waals surface area contributed by atoms with Crippen molar-refractivity contribution >= 4 is 22.6 Å². The van der Waals surface area contributed by atoms with E-state index in [2.05, 4.69) is 52.9 Å². The molecule has 1 nitrogen and oxygen atoms in total. The second-order valence-corrected chi connectivity index (χ2v) is 5.36. The van der Waals surface area contributed by atoms with E-state index in [1.165, 1.54) is 18.4 Å². The first-order valence-corrected chi connectivity index (χ1v) is 6.40. The second-order valence-electron chi connectivity index (χ2n) is 3.76. The summed E-state index contributed by atoms with van der Waals surface area (Å²) in [5, 5.41) is 0. The minimum atomic E-state index is 0.482. The van der Waals surface area contributed by atoms with Crippen molar-refractivity contribution in [3.05, 3.63) is 35.9 Å². The van der Waals surface area contributed by atoms with E-state index in [1.807, 2.05) is 0 Å². The summed E-state index contributed by atoms with van der Waals surface area (Å²) in [6.45, 7) is 0.957. The Balaban J connectivity index is 1.90. The van der Waals surface area contributed by atoms with Crippen molar-refractivity contribution in [2.75, 3.05) is 6.61 Å². The van der Waals surface area contributed by atoms with Gasteiger partial charge in [-0.25, -0.2) is 0 Å². The quantitative estimate of drug-likeness (QED) is 0.615. The summed E-state index contributed by atoms with van der Waals surface area (Å²) in [5.41, 5.74) is 1.42. The van der Waals surface area contributed by atoms with Crippen LogP contribution in [0.15, 0.2) is 30.3 Å². The Morgan fingerprint density at radius 2 is 2.14 bits per heavy atom. The Morgan fingerprint density at radius 3 is 2.79 bits per heavy atom. The van der Waals surface area contributed by atoms with Crippen molar-refractivity contribution in [1.82, 2.24) is 0 Å². The van der Waals surface area contributed by atoms with Crippen LogP contribution in [0.5, 0.6) is 0 Å². The minimum absolute atomic E-state index is 0.482. The summed E-state index contributed by atoms with van der Waals surface area (Å²) in [4.78, 5) is 0. The van der Waals surface area contributed by atoms with E-state index in [-0.39, 0.29) is 0 Å². The maximum Gasteiger partial charge on any atom is 0.0696 e. The van der Waals surface area contributed by atoms with Crippen LogP contribution < -0.4 is 0 Å². The molecule has 1 heterocycles. The average molecular weight is 302 g/mol.